The molecule has 1 atom stereocenters. The van der Waals surface area contributed by atoms with Crippen molar-refractivity contribution in [2.75, 3.05) is 45.3 Å². The highest BCUT2D eigenvalue weighted by molar-refractivity contribution is 6.04. The minimum Gasteiger partial charge on any atom is -0.492 e. The lowest BCUT2D eigenvalue weighted by Gasteiger charge is -2.26. The van der Waals surface area contributed by atoms with Crippen LogP contribution in [0.25, 0.3) is 0 Å². The summed E-state index contributed by atoms with van der Waals surface area (Å²) in [6, 6.07) is 14.8. The molecule has 0 aliphatic carbocycles. The lowest BCUT2D eigenvalue weighted by Crippen LogP contribution is -2.33. The Balaban J connectivity index is 1.48. The second kappa shape index (κ2) is 13.7. The Kier molecular flexibility index (Phi) is 9.79. The SMILES string of the molecule is COC[C@H](C)Oc1cc(C#Cc2cccc(OCCN3CCCCC3)c2)cc(C(=O)Nc2ccn(C)n2)c1. The number of piperidine rings is 1. The van der Waals surface area contributed by atoms with Gasteiger partial charge >= 0.3 is 0 Å². The van der Waals surface area contributed by atoms with Crippen molar-refractivity contribution in [1.82, 2.24) is 14.7 Å². The summed E-state index contributed by atoms with van der Waals surface area (Å²) >= 11 is 0. The van der Waals surface area contributed by atoms with Gasteiger partial charge in [0, 0.05) is 49.7 Å². The van der Waals surface area contributed by atoms with Gasteiger partial charge in [-0.05, 0) is 69.3 Å². The molecule has 4 rings (SSSR count). The summed E-state index contributed by atoms with van der Waals surface area (Å²) in [5.41, 5.74) is 1.92. The van der Waals surface area contributed by atoms with Gasteiger partial charge in [0.1, 0.15) is 24.2 Å². The molecule has 1 N–H and O–H groups in total. The average Bonchev–Trinajstić information content (AvgIpc) is 3.32. The summed E-state index contributed by atoms with van der Waals surface area (Å²) in [5.74, 6) is 7.90. The van der Waals surface area contributed by atoms with Gasteiger partial charge in [-0.25, -0.2) is 0 Å². The van der Waals surface area contributed by atoms with Crippen LogP contribution in [0.5, 0.6) is 11.5 Å². The fraction of sp³-hybridized carbons (Fsp3) is 0.400. The van der Waals surface area contributed by atoms with Crippen LogP contribution in [0.4, 0.5) is 5.82 Å². The number of nitrogens with one attached hydrogen (secondary N) is 1. The second-order valence-electron chi connectivity index (χ2n) is 9.49. The maximum atomic E-state index is 13.0. The van der Waals surface area contributed by atoms with Gasteiger partial charge in [-0.1, -0.05) is 24.3 Å². The largest absolute Gasteiger partial charge is 0.492 e. The molecule has 2 aromatic carbocycles. The molecule has 0 unspecified atom stereocenters. The van der Waals surface area contributed by atoms with Gasteiger partial charge < -0.3 is 19.5 Å². The van der Waals surface area contributed by atoms with E-state index in [1.165, 1.54) is 19.3 Å². The molecular weight excluding hydrogens is 480 g/mol. The molecule has 38 heavy (non-hydrogen) atoms. The number of hydrogen-bond donors (Lipinski definition) is 1. The van der Waals surface area contributed by atoms with Gasteiger partial charge in [0.25, 0.3) is 5.91 Å². The fourth-order valence-corrected chi connectivity index (χ4v) is 4.33. The zero-order chi connectivity index (χ0) is 26.7. The molecule has 200 valence electrons. The molecule has 1 aliphatic heterocycles. The summed E-state index contributed by atoms with van der Waals surface area (Å²) in [7, 11) is 3.42. The monoisotopic (exact) mass is 516 g/mol. The Morgan fingerprint density at radius 3 is 2.61 bits per heavy atom. The highest BCUT2D eigenvalue weighted by Crippen LogP contribution is 2.20. The highest BCUT2D eigenvalue weighted by Gasteiger charge is 2.13. The summed E-state index contributed by atoms with van der Waals surface area (Å²) in [5, 5.41) is 7.04. The number of amides is 1. The first-order valence-corrected chi connectivity index (χ1v) is 13.1. The Hall–Kier alpha value is -3.80. The summed E-state index contributed by atoms with van der Waals surface area (Å²) < 4.78 is 18.8. The van der Waals surface area contributed by atoms with Crippen LogP contribution in [0.15, 0.2) is 54.7 Å². The first-order chi connectivity index (χ1) is 18.5. The molecule has 1 saturated heterocycles. The standard InChI is InChI=1S/C30H36N4O4/c1-23(22-36-3)38-28-20-25(18-26(21-28)30(35)31-29-12-15-33(2)32-29)11-10-24-8-7-9-27(19-24)37-17-16-34-13-5-4-6-14-34/h7-9,12,15,18-21,23H,4-6,13-14,16-17,22H2,1-3H3,(H,31,32,35)/t23-/m0/s1. The summed E-state index contributed by atoms with van der Waals surface area (Å²) in [4.78, 5) is 15.4. The van der Waals surface area contributed by atoms with Gasteiger partial charge in [0.05, 0.1) is 6.61 Å². The van der Waals surface area contributed by atoms with Gasteiger partial charge in [-0.2, -0.15) is 5.10 Å². The first kappa shape index (κ1) is 27.2. The van der Waals surface area contributed by atoms with E-state index in [0.717, 1.165) is 30.9 Å². The topological polar surface area (TPSA) is 77.9 Å². The van der Waals surface area contributed by atoms with E-state index in [1.54, 1.807) is 43.2 Å². The number of rotatable bonds is 10. The fourth-order valence-electron chi connectivity index (χ4n) is 4.33. The van der Waals surface area contributed by atoms with Crippen molar-refractivity contribution >= 4 is 11.7 Å². The van der Waals surface area contributed by atoms with E-state index in [2.05, 4.69) is 27.2 Å². The number of aromatic nitrogens is 2. The minimum absolute atomic E-state index is 0.186. The molecule has 1 amide bonds. The molecule has 3 aromatic rings. The average molecular weight is 517 g/mol. The van der Waals surface area contributed by atoms with Crippen LogP contribution in [-0.2, 0) is 11.8 Å². The number of methoxy groups -OCH3 is 1. The number of carbonyl (C=O) groups excluding carboxylic acids is 1. The van der Waals surface area contributed by atoms with Crippen molar-refractivity contribution in [3.63, 3.8) is 0 Å². The zero-order valence-corrected chi connectivity index (χ0v) is 22.4. The predicted octanol–water partition coefficient (Wildman–Crippen LogP) is 4.35. The number of ether oxygens (including phenoxy) is 3. The van der Waals surface area contributed by atoms with Crippen molar-refractivity contribution in [1.29, 1.82) is 0 Å². The number of aryl methyl sites for hydroxylation is 1. The zero-order valence-electron chi connectivity index (χ0n) is 22.4. The molecule has 1 aromatic heterocycles. The van der Waals surface area contributed by atoms with Crippen LogP contribution < -0.4 is 14.8 Å². The minimum atomic E-state index is -0.291. The van der Waals surface area contributed by atoms with E-state index in [9.17, 15) is 4.79 Å². The molecule has 1 fully saturated rings. The van der Waals surface area contributed by atoms with Gasteiger partial charge in [-0.3, -0.25) is 14.4 Å². The summed E-state index contributed by atoms with van der Waals surface area (Å²) in [6.07, 6.45) is 5.46. The van der Waals surface area contributed by atoms with Crippen molar-refractivity contribution in [2.45, 2.75) is 32.3 Å². The van der Waals surface area contributed by atoms with E-state index in [0.29, 0.717) is 35.9 Å². The van der Waals surface area contributed by atoms with Crippen molar-refractivity contribution in [3.8, 4) is 23.3 Å². The maximum Gasteiger partial charge on any atom is 0.257 e. The molecule has 1 aliphatic rings. The third-order valence-electron chi connectivity index (χ3n) is 6.17. The summed E-state index contributed by atoms with van der Waals surface area (Å²) in [6.45, 7) is 6.24. The smallest absolute Gasteiger partial charge is 0.257 e. The molecule has 0 bridgehead atoms. The van der Waals surface area contributed by atoms with E-state index < -0.39 is 0 Å². The van der Waals surface area contributed by atoms with Gasteiger partial charge in [0.15, 0.2) is 5.82 Å². The van der Waals surface area contributed by atoms with E-state index >= 15 is 0 Å². The van der Waals surface area contributed by atoms with Gasteiger partial charge in [0.2, 0.25) is 0 Å². The Morgan fingerprint density at radius 2 is 1.84 bits per heavy atom. The Bertz CT molecular complexity index is 1270. The number of nitrogens with zero attached hydrogens (tertiary/aromatic N) is 3. The molecule has 8 heteroatoms. The number of likely N-dealkylation sites (tertiary alicyclic amines) is 1. The molecule has 0 spiro atoms. The number of carbonyl (C=O) groups is 1. The Labute approximate surface area is 224 Å². The molecule has 0 radical (unpaired) electrons. The normalized spacial score (nSPS) is 14.3. The van der Waals surface area contributed by atoms with Crippen LogP contribution in [0, 0.1) is 11.8 Å². The van der Waals surface area contributed by atoms with Crippen molar-refractivity contribution in [2.24, 2.45) is 7.05 Å². The maximum absolute atomic E-state index is 13.0. The predicted molar refractivity (Wildman–Crippen MR) is 148 cm³/mol. The molecular formula is C30H36N4O4. The molecule has 2 heterocycles. The van der Waals surface area contributed by atoms with Crippen LogP contribution in [-0.4, -0.2) is 66.6 Å². The first-order valence-electron chi connectivity index (χ1n) is 13.1. The Morgan fingerprint density at radius 1 is 1.05 bits per heavy atom. The third kappa shape index (κ3) is 8.37. The van der Waals surface area contributed by atoms with Crippen LogP contribution in [0.1, 0.15) is 47.7 Å². The number of benzene rings is 2. The van der Waals surface area contributed by atoms with Crippen molar-refractivity contribution in [3.05, 3.63) is 71.4 Å². The van der Waals surface area contributed by atoms with Crippen LogP contribution >= 0.6 is 0 Å². The van der Waals surface area contributed by atoms with E-state index in [-0.39, 0.29) is 12.0 Å². The van der Waals surface area contributed by atoms with Crippen LogP contribution in [0.2, 0.25) is 0 Å². The lowest BCUT2D eigenvalue weighted by molar-refractivity contribution is 0.0917. The lowest BCUT2D eigenvalue weighted by atomic mass is 10.1. The number of hydrogen-bond acceptors (Lipinski definition) is 6. The van der Waals surface area contributed by atoms with Crippen molar-refractivity contribution < 1.29 is 19.0 Å². The van der Waals surface area contributed by atoms with Gasteiger partial charge in [-0.15, -0.1) is 0 Å². The highest BCUT2D eigenvalue weighted by atomic mass is 16.5. The third-order valence-corrected chi connectivity index (χ3v) is 6.17. The molecule has 8 nitrogen and oxygen atoms in total. The van der Waals surface area contributed by atoms with E-state index in [4.69, 9.17) is 14.2 Å². The van der Waals surface area contributed by atoms with E-state index in [1.807, 2.05) is 37.3 Å². The number of anilines is 1. The second-order valence-corrected chi connectivity index (χ2v) is 9.49. The van der Waals surface area contributed by atoms with Crippen LogP contribution in [0.3, 0.4) is 0 Å². The quantitative estimate of drug-likeness (QED) is 0.404. The molecule has 0 saturated carbocycles.